The smallest absolute Gasteiger partial charge is 0.201 e. The predicted molar refractivity (Wildman–Crippen MR) is 141 cm³/mol. The van der Waals surface area contributed by atoms with E-state index in [9.17, 15) is 20.1 Å². The van der Waals surface area contributed by atoms with Gasteiger partial charge in [0.15, 0.2) is 0 Å². The van der Waals surface area contributed by atoms with E-state index in [0.29, 0.717) is 44.7 Å². The molecule has 3 N–H and O–H groups in total. The SMILES string of the molecule is COc1cc(C)c(-c2cc(OC)cc3cc4c(c(O)c23)C(=O)c2c(O)cc(O)cc2C4(C)C)c(OC)c1. The molecule has 0 amide bonds. The van der Waals surface area contributed by atoms with Crippen LogP contribution in [0.1, 0.15) is 46.5 Å². The lowest BCUT2D eigenvalue weighted by atomic mass is 9.67. The van der Waals surface area contributed by atoms with E-state index in [0.717, 1.165) is 17.2 Å². The lowest BCUT2D eigenvalue weighted by Gasteiger charge is -2.35. The van der Waals surface area contributed by atoms with Crippen LogP contribution in [0, 0.1) is 6.92 Å². The third kappa shape index (κ3) is 3.45. The fourth-order valence-electron chi connectivity index (χ4n) is 5.49. The molecule has 0 saturated heterocycles. The molecule has 4 aromatic rings. The van der Waals surface area contributed by atoms with E-state index in [1.165, 1.54) is 6.07 Å². The zero-order chi connectivity index (χ0) is 26.8. The molecule has 0 heterocycles. The Morgan fingerprint density at radius 2 is 1.38 bits per heavy atom. The van der Waals surface area contributed by atoms with Crippen molar-refractivity contribution in [1.29, 1.82) is 0 Å². The number of carbonyl (C=O) groups excluding carboxylic acids is 1. The molecule has 1 aliphatic rings. The van der Waals surface area contributed by atoms with E-state index in [1.807, 2.05) is 32.9 Å². The number of aryl methyl sites for hydroxylation is 1. The second-order valence-corrected chi connectivity index (χ2v) is 9.78. The zero-order valence-electron chi connectivity index (χ0n) is 21.5. The van der Waals surface area contributed by atoms with Gasteiger partial charge in [0, 0.05) is 34.1 Å². The molecule has 190 valence electrons. The molecule has 0 radical (unpaired) electrons. The summed E-state index contributed by atoms with van der Waals surface area (Å²) in [7, 11) is 4.70. The number of rotatable bonds is 4. The number of phenols is 3. The van der Waals surface area contributed by atoms with Crippen molar-refractivity contribution in [3.05, 3.63) is 70.3 Å². The zero-order valence-corrected chi connectivity index (χ0v) is 21.5. The highest BCUT2D eigenvalue weighted by atomic mass is 16.5. The normalized spacial score (nSPS) is 13.7. The Balaban J connectivity index is 1.92. The van der Waals surface area contributed by atoms with E-state index in [4.69, 9.17) is 14.2 Å². The number of ketones is 1. The van der Waals surface area contributed by atoms with E-state index >= 15 is 0 Å². The number of phenolic OH excluding ortho intramolecular Hbond substituents is 3. The Hall–Kier alpha value is -4.39. The number of fused-ring (bicyclic) bond motifs is 3. The molecule has 7 heteroatoms. The molecule has 0 aliphatic heterocycles. The van der Waals surface area contributed by atoms with Crippen LogP contribution in [0.4, 0.5) is 0 Å². The van der Waals surface area contributed by atoms with Crippen molar-refractivity contribution in [2.45, 2.75) is 26.2 Å². The lowest BCUT2D eigenvalue weighted by Crippen LogP contribution is -2.30. The Kier molecular flexibility index (Phi) is 5.48. The summed E-state index contributed by atoms with van der Waals surface area (Å²) in [5, 5.41) is 33.7. The summed E-state index contributed by atoms with van der Waals surface area (Å²) in [6.07, 6.45) is 0. The molecule has 1 aliphatic carbocycles. The third-order valence-corrected chi connectivity index (χ3v) is 7.32. The second kappa shape index (κ2) is 8.34. The van der Waals surface area contributed by atoms with Crippen LogP contribution in [0.15, 0.2) is 42.5 Å². The summed E-state index contributed by atoms with van der Waals surface area (Å²) in [6.45, 7) is 5.69. The minimum atomic E-state index is -0.808. The van der Waals surface area contributed by atoms with Crippen LogP contribution in [-0.2, 0) is 5.41 Å². The Labute approximate surface area is 214 Å². The molecule has 5 rings (SSSR count). The standard InChI is InChI=1S/C30H28O7/c1-14-7-17(35-4)13-23(37-6)24(14)19-12-18(36-5)8-15-9-20-27(28(33)25(15)19)29(34)26-21(30(20,2)3)10-16(31)11-22(26)32/h7-13,31-33H,1-6H3. The van der Waals surface area contributed by atoms with Gasteiger partial charge in [-0.15, -0.1) is 0 Å². The average molecular weight is 501 g/mol. The Morgan fingerprint density at radius 1 is 0.730 bits per heavy atom. The van der Waals surface area contributed by atoms with Crippen molar-refractivity contribution < 1.29 is 34.3 Å². The van der Waals surface area contributed by atoms with Crippen LogP contribution in [0.2, 0.25) is 0 Å². The van der Waals surface area contributed by atoms with E-state index in [1.54, 1.807) is 39.5 Å². The minimum absolute atomic E-state index is 0.0678. The topological polar surface area (TPSA) is 105 Å². The first-order chi connectivity index (χ1) is 17.5. The van der Waals surface area contributed by atoms with Crippen LogP contribution in [0.3, 0.4) is 0 Å². The van der Waals surface area contributed by atoms with Crippen LogP contribution < -0.4 is 14.2 Å². The second-order valence-electron chi connectivity index (χ2n) is 9.78. The molecule has 0 atom stereocenters. The van der Waals surface area contributed by atoms with Gasteiger partial charge in [-0.2, -0.15) is 0 Å². The summed E-state index contributed by atoms with van der Waals surface area (Å²) < 4.78 is 16.7. The van der Waals surface area contributed by atoms with Gasteiger partial charge in [-0.25, -0.2) is 0 Å². The average Bonchev–Trinajstić information content (AvgIpc) is 2.85. The molecule has 0 saturated carbocycles. The molecule has 4 aromatic carbocycles. The third-order valence-electron chi connectivity index (χ3n) is 7.32. The van der Waals surface area contributed by atoms with Crippen molar-refractivity contribution in [3.63, 3.8) is 0 Å². The summed E-state index contributed by atoms with van der Waals surface area (Å²) in [5.41, 5.74) is 2.62. The van der Waals surface area contributed by atoms with Gasteiger partial charge in [-0.05, 0) is 59.3 Å². The first kappa shape index (κ1) is 24.3. The number of benzene rings is 4. The highest BCUT2D eigenvalue weighted by Crippen LogP contribution is 2.52. The van der Waals surface area contributed by atoms with Gasteiger partial charge < -0.3 is 29.5 Å². The maximum absolute atomic E-state index is 13.8. The first-order valence-corrected chi connectivity index (χ1v) is 11.8. The Morgan fingerprint density at radius 3 is 2.03 bits per heavy atom. The summed E-state index contributed by atoms with van der Waals surface area (Å²) >= 11 is 0. The maximum Gasteiger partial charge on any atom is 0.201 e. The first-order valence-electron chi connectivity index (χ1n) is 11.8. The fourth-order valence-corrected chi connectivity index (χ4v) is 5.49. The summed E-state index contributed by atoms with van der Waals surface area (Å²) in [5.74, 6) is 0.542. The minimum Gasteiger partial charge on any atom is -0.508 e. The largest absolute Gasteiger partial charge is 0.508 e. The van der Waals surface area contributed by atoms with E-state index in [2.05, 4.69) is 0 Å². The molecule has 0 fully saturated rings. The molecule has 0 bridgehead atoms. The molecule has 0 spiro atoms. The number of ether oxygens (including phenoxy) is 3. The van der Waals surface area contributed by atoms with Gasteiger partial charge in [-0.1, -0.05) is 13.8 Å². The monoisotopic (exact) mass is 500 g/mol. The van der Waals surface area contributed by atoms with Gasteiger partial charge in [0.1, 0.15) is 34.5 Å². The molecule has 7 nitrogen and oxygen atoms in total. The number of carbonyl (C=O) groups is 1. The predicted octanol–water partition coefficient (Wildman–Crippen LogP) is 5.83. The van der Waals surface area contributed by atoms with Crippen molar-refractivity contribution in [2.24, 2.45) is 0 Å². The fraction of sp³-hybridized carbons (Fsp3) is 0.233. The highest BCUT2D eigenvalue weighted by molar-refractivity contribution is 6.20. The van der Waals surface area contributed by atoms with Crippen molar-refractivity contribution >= 4 is 16.6 Å². The molecule has 0 unspecified atom stereocenters. The number of hydrogen-bond acceptors (Lipinski definition) is 7. The Bertz CT molecular complexity index is 1620. The molecule has 0 aromatic heterocycles. The molecular weight excluding hydrogens is 472 g/mol. The number of hydrogen-bond donors (Lipinski definition) is 3. The van der Waals surface area contributed by atoms with E-state index < -0.39 is 11.2 Å². The van der Waals surface area contributed by atoms with Gasteiger partial charge in [0.2, 0.25) is 5.78 Å². The van der Waals surface area contributed by atoms with Gasteiger partial charge in [0.05, 0.1) is 32.5 Å². The number of methoxy groups -OCH3 is 3. The van der Waals surface area contributed by atoms with Crippen molar-refractivity contribution in [3.8, 4) is 45.6 Å². The molecular formula is C30H28O7. The quantitative estimate of drug-likeness (QED) is 0.324. The molecule has 37 heavy (non-hydrogen) atoms. The van der Waals surface area contributed by atoms with Gasteiger partial charge in [-0.3, -0.25) is 4.79 Å². The van der Waals surface area contributed by atoms with Crippen molar-refractivity contribution in [1.82, 2.24) is 0 Å². The van der Waals surface area contributed by atoms with Crippen LogP contribution in [-0.4, -0.2) is 42.4 Å². The highest BCUT2D eigenvalue weighted by Gasteiger charge is 2.41. The maximum atomic E-state index is 13.8. The van der Waals surface area contributed by atoms with E-state index in [-0.39, 0.29) is 28.4 Å². The lowest BCUT2D eigenvalue weighted by molar-refractivity contribution is 0.102. The van der Waals surface area contributed by atoms with Crippen molar-refractivity contribution in [2.75, 3.05) is 21.3 Å². The van der Waals surface area contributed by atoms with Crippen LogP contribution in [0.25, 0.3) is 21.9 Å². The van der Waals surface area contributed by atoms with Crippen LogP contribution in [0.5, 0.6) is 34.5 Å². The number of aromatic hydroxyl groups is 3. The van der Waals surface area contributed by atoms with Gasteiger partial charge >= 0.3 is 0 Å². The summed E-state index contributed by atoms with van der Waals surface area (Å²) in [4.78, 5) is 13.8. The summed E-state index contributed by atoms with van der Waals surface area (Å²) in [6, 6.07) is 11.7. The van der Waals surface area contributed by atoms with Crippen LogP contribution >= 0.6 is 0 Å². The van der Waals surface area contributed by atoms with Gasteiger partial charge in [0.25, 0.3) is 0 Å².